The summed E-state index contributed by atoms with van der Waals surface area (Å²) in [6.45, 7) is 7.35. The highest BCUT2D eigenvalue weighted by Gasteiger charge is 2.27. The van der Waals surface area contributed by atoms with Crippen molar-refractivity contribution in [3.05, 3.63) is 0 Å². The Morgan fingerprint density at radius 2 is 2.15 bits per heavy atom. The van der Waals surface area contributed by atoms with Gasteiger partial charge in [-0.2, -0.15) is 0 Å². The molecule has 0 radical (unpaired) electrons. The van der Waals surface area contributed by atoms with E-state index in [1.165, 1.54) is 45.4 Å². The van der Waals surface area contributed by atoms with E-state index in [9.17, 15) is 0 Å². The van der Waals surface area contributed by atoms with Crippen LogP contribution in [-0.4, -0.2) is 26.2 Å². The average Bonchev–Trinajstić information content (AvgIpc) is 2.82. The Balaban J connectivity index is 1.43. The summed E-state index contributed by atoms with van der Waals surface area (Å²) in [7, 11) is 0. The van der Waals surface area contributed by atoms with E-state index in [1.54, 1.807) is 0 Å². The summed E-state index contributed by atoms with van der Waals surface area (Å²) < 4.78 is 0. The molecule has 1 aliphatic carbocycles. The van der Waals surface area contributed by atoms with E-state index in [1.807, 2.05) is 0 Å². The van der Waals surface area contributed by atoms with Gasteiger partial charge >= 0.3 is 0 Å². The summed E-state index contributed by atoms with van der Waals surface area (Å²) in [5.41, 5.74) is 0. The third kappa shape index (κ3) is 2.96. The Bertz CT molecular complexity index is 150. The smallest absolute Gasteiger partial charge is 0.000778 e. The van der Waals surface area contributed by atoms with Crippen molar-refractivity contribution < 1.29 is 0 Å². The van der Waals surface area contributed by atoms with Gasteiger partial charge < -0.3 is 10.6 Å². The summed E-state index contributed by atoms with van der Waals surface area (Å²) in [5, 5.41) is 6.89. The number of hydrogen-bond donors (Lipinski definition) is 2. The van der Waals surface area contributed by atoms with Gasteiger partial charge in [-0.3, -0.25) is 0 Å². The second kappa shape index (κ2) is 4.43. The van der Waals surface area contributed by atoms with E-state index in [-0.39, 0.29) is 0 Å². The highest BCUT2D eigenvalue weighted by Crippen LogP contribution is 2.35. The Morgan fingerprint density at radius 1 is 1.38 bits per heavy atom. The molecule has 1 saturated heterocycles. The van der Waals surface area contributed by atoms with E-state index in [0.29, 0.717) is 0 Å². The zero-order chi connectivity index (χ0) is 9.10. The normalized spacial score (nSPS) is 25.6. The largest absolute Gasteiger partial charge is 0.316 e. The molecule has 2 rings (SSSR count). The SMILES string of the molecule is CC(CNCCC1CNC1)C1CC1. The molecule has 1 saturated carbocycles. The summed E-state index contributed by atoms with van der Waals surface area (Å²) in [4.78, 5) is 0. The zero-order valence-electron chi connectivity index (χ0n) is 8.68. The molecule has 0 spiro atoms. The molecule has 2 nitrogen and oxygen atoms in total. The van der Waals surface area contributed by atoms with Crippen molar-refractivity contribution in [3.63, 3.8) is 0 Å². The molecule has 1 heterocycles. The van der Waals surface area contributed by atoms with Crippen molar-refractivity contribution in [1.29, 1.82) is 0 Å². The molecule has 13 heavy (non-hydrogen) atoms. The van der Waals surface area contributed by atoms with Gasteiger partial charge in [0.2, 0.25) is 0 Å². The van der Waals surface area contributed by atoms with Crippen LogP contribution in [0.1, 0.15) is 26.2 Å². The lowest BCUT2D eigenvalue weighted by molar-refractivity contribution is 0.318. The van der Waals surface area contributed by atoms with Crippen LogP contribution in [0.5, 0.6) is 0 Å². The van der Waals surface area contributed by atoms with Gasteiger partial charge in [-0.15, -0.1) is 0 Å². The summed E-state index contributed by atoms with van der Waals surface area (Å²) in [6, 6.07) is 0. The third-order valence-corrected chi connectivity index (χ3v) is 3.49. The van der Waals surface area contributed by atoms with Crippen LogP contribution in [0.15, 0.2) is 0 Å². The highest BCUT2D eigenvalue weighted by molar-refractivity contribution is 4.80. The summed E-state index contributed by atoms with van der Waals surface area (Å²) in [5.74, 6) is 2.93. The van der Waals surface area contributed by atoms with E-state index >= 15 is 0 Å². The second-order valence-corrected chi connectivity index (χ2v) is 4.83. The molecule has 1 aliphatic heterocycles. The summed E-state index contributed by atoms with van der Waals surface area (Å²) >= 11 is 0. The molecular weight excluding hydrogens is 160 g/mol. The van der Waals surface area contributed by atoms with Crippen LogP contribution in [0.3, 0.4) is 0 Å². The van der Waals surface area contributed by atoms with Gasteiger partial charge in [0.1, 0.15) is 0 Å². The first-order chi connectivity index (χ1) is 6.36. The first-order valence-electron chi connectivity index (χ1n) is 5.77. The van der Waals surface area contributed by atoms with E-state index in [0.717, 1.165) is 17.8 Å². The van der Waals surface area contributed by atoms with Gasteiger partial charge in [0.05, 0.1) is 0 Å². The van der Waals surface area contributed by atoms with Gasteiger partial charge in [-0.25, -0.2) is 0 Å². The maximum atomic E-state index is 3.58. The van der Waals surface area contributed by atoms with Crippen LogP contribution < -0.4 is 10.6 Å². The minimum absolute atomic E-state index is 0.916. The van der Waals surface area contributed by atoms with Gasteiger partial charge in [-0.1, -0.05) is 6.92 Å². The van der Waals surface area contributed by atoms with Crippen molar-refractivity contribution in [2.24, 2.45) is 17.8 Å². The molecule has 2 N–H and O–H groups in total. The van der Waals surface area contributed by atoms with Gasteiger partial charge in [-0.05, 0) is 63.2 Å². The molecule has 1 unspecified atom stereocenters. The van der Waals surface area contributed by atoms with Crippen molar-refractivity contribution in [2.75, 3.05) is 26.2 Å². The molecule has 2 aliphatic rings. The monoisotopic (exact) mass is 182 g/mol. The fourth-order valence-electron chi connectivity index (χ4n) is 2.02. The predicted molar refractivity (Wildman–Crippen MR) is 55.7 cm³/mol. The molecule has 0 aromatic carbocycles. The minimum Gasteiger partial charge on any atom is -0.316 e. The second-order valence-electron chi connectivity index (χ2n) is 4.83. The molecule has 0 amide bonds. The fourth-order valence-corrected chi connectivity index (χ4v) is 2.02. The maximum Gasteiger partial charge on any atom is -0.000778 e. The van der Waals surface area contributed by atoms with Crippen LogP contribution in [0.4, 0.5) is 0 Å². The average molecular weight is 182 g/mol. The molecule has 0 aromatic rings. The molecule has 0 bridgehead atoms. The topological polar surface area (TPSA) is 24.1 Å². The molecule has 1 atom stereocenters. The number of hydrogen-bond acceptors (Lipinski definition) is 2. The Kier molecular flexibility index (Phi) is 3.23. The highest BCUT2D eigenvalue weighted by atomic mass is 15.0. The van der Waals surface area contributed by atoms with Crippen molar-refractivity contribution in [3.8, 4) is 0 Å². The Hall–Kier alpha value is -0.0800. The van der Waals surface area contributed by atoms with E-state index in [2.05, 4.69) is 17.6 Å². The first-order valence-corrected chi connectivity index (χ1v) is 5.77. The molecular formula is C11H22N2. The van der Waals surface area contributed by atoms with Crippen LogP contribution in [0.25, 0.3) is 0 Å². The quantitative estimate of drug-likeness (QED) is 0.604. The maximum absolute atomic E-state index is 3.58. The fraction of sp³-hybridized carbons (Fsp3) is 1.00. The van der Waals surface area contributed by atoms with Crippen LogP contribution in [0, 0.1) is 17.8 Å². The van der Waals surface area contributed by atoms with Gasteiger partial charge in [0.15, 0.2) is 0 Å². The number of nitrogens with one attached hydrogen (secondary N) is 2. The lowest BCUT2D eigenvalue weighted by atomic mass is 9.99. The van der Waals surface area contributed by atoms with Crippen molar-refractivity contribution in [2.45, 2.75) is 26.2 Å². The van der Waals surface area contributed by atoms with Gasteiger partial charge in [0.25, 0.3) is 0 Å². The predicted octanol–water partition coefficient (Wildman–Crippen LogP) is 1.23. The Labute approximate surface area is 81.5 Å². The molecule has 0 aromatic heterocycles. The van der Waals surface area contributed by atoms with Crippen LogP contribution in [-0.2, 0) is 0 Å². The van der Waals surface area contributed by atoms with Crippen LogP contribution in [0.2, 0.25) is 0 Å². The van der Waals surface area contributed by atoms with Crippen LogP contribution >= 0.6 is 0 Å². The summed E-state index contributed by atoms with van der Waals surface area (Å²) in [6.07, 6.45) is 4.33. The molecule has 76 valence electrons. The van der Waals surface area contributed by atoms with E-state index < -0.39 is 0 Å². The zero-order valence-corrected chi connectivity index (χ0v) is 8.68. The number of rotatable bonds is 6. The van der Waals surface area contributed by atoms with Crippen molar-refractivity contribution in [1.82, 2.24) is 10.6 Å². The standard InChI is InChI=1S/C11H22N2/c1-9(11-2-3-11)6-12-5-4-10-7-13-8-10/h9-13H,2-8H2,1H3. The van der Waals surface area contributed by atoms with Crippen molar-refractivity contribution >= 4 is 0 Å². The third-order valence-electron chi connectivity index (χ3n) is 3.49. The lowest BCUT2D eigenvalue weighted by Gasteiger charge is -2.27. The molecule has 2 heteroatoms. The Morgan fingerprint density at radius 3 is 2.69 bits per heavy atom. The first kappa shape index (κ1) is 9.47. The van der Waals surface area contributed by atoms with E-state index in [4.69, 9.17) is 0 Å². The van der Waals surface area contributed by atoms with Gasteiger partial charge in [0, 0.05) is 0 Å². The lowest BCUT2D eigenvalue weighted by Crippen LogP contribution is -2.43. The minimum atomic E-state index is 0.916. The molecule has 2 fully saturated rings.